The third-order valence-corrected chi connectivity index (χ3v) is 7.33. The fraction of sp³-hybridized carbons (Fsp3) is 0.529. The van der Waals surface area contributed by atoms with Crippen LogP contribution < -0.4 is 0 Å². The maximum atomic E-state index is 6.93. The van der Waals surface area contributed by atoms with E-state index in [-0.39, 0.29) is 5.38 Å². The molecule has 1 heterocycles. The van der Waals surface area contributed by atoms with E-state index in [2.05, 4.69) is 53.4 Å². The highest BCUT2D eigenvalue weighted by atomic mass is 79.9. The lowest BCUT2D eigenvalue weighted by Gasteiger charge is -2.41. The molecule has 108 valence electrons. The molecule has 0 radical (unpaired) electrons. The van der Waals surface area contributed by atoms with E-state index in [1.807, 2.05) is 0 Å². The van der Waals surface area contributed by atoms with Crippen LogP contribution in [0.4, 0.5) is 0 Å². The molecule has 0 N–H and O–H groups in total. The summed E-state index contributed by atoms with van der Waals surface area (Å²) in [5.41, 5.74) is 1.68. The molecule has 0 saturated heterocycles. The molecule has 0 spiro atoms. The van der Waals surface area contributed by atoms with Crippen LogP contribution in [0.2, 0.25) is 0 Å². The average molecular weight is 372 g/mol. The van der Waals surface area contributed by atoms with Gasteiger partial charge < -0.3 is 0 Å². The van der Waals surface area contributed by atoms with Crippen molar-refractivity contribution in [2.45, 2.75) is 44.9 Å². The number of halogens is 2. The van der Waals surface area contributed by atoms with E-state index in [4.69, 9.17) is 11.6 Å². The first kappa shape index (κ1) is 14.9. The fourth-order valence-electron chi connectivity index (χ4n) is 3.54. The average Bonchev–Trinajstić information content (AvgIpc) is 2.83. The SMILES string of the molecule is CC1(C)CCCCC1C(Cl)c1csc2c(Br)cccc12. The summed E-state index contributed by atoms with van der Waals surface area (Å²) in [6.07, 6.45) is 5.23. The Bertz CT molecular complexity index is 616. The van der Waals surface area contributed by atoms with Crippen LogP contribution in [0, 0.1) is 11.3 Å². The minimum absolute atomic E-state index is 0.133. The maximum Gasteiger partial charge on any atom is 0.0632 e. The van der Waals surface area contributed by atoms with Gasteiger partial charge in [-0.25, -0.2) is 0 Å². The zero-order chi connectivity index (χ0) is 14.3. The first-order valence-corrected chi connectivity index (χ1v) is 9.41. The summed E-state index contributed by atoms with van der Waals surface area (Å²) in [4.78, 5) is 0. The van der Waals surface area contributed by atoms with Crippen LogP contribution in [-0.4, -0.2) is 0 Å². The number of hydrogen-bond donors (Lipinski definition) is 0. The smallest absolute Gasteiger partial charge is 0.0632 e. The van der Waals surface area contributed by atoms with E-state index < -0.39 is 0 Å². The molecule has 2 unspecified atom stereocenters. The predicted molar refractivity (Wildman–Crippen MR) is 93.9 cm³/mol. The van der Waals surface area contributed by atoms with E-state index in [1.54, 1.807) is 11.3 Å². The molecule has 20 heavy (non-hydrogen) atoms. The van der Waals surface area contributed by atoms with E-state index in [0.29, 0.717) is 11.3 Å². The van der Waals surface area contributed by atoms with Crippen LogP contribution in [0.5, 0.6) is 0 Å². The quantitative estimate of drug-likeness (QED) is 0.491. The molecule has 1 fully saturated rings. The molecule has 0 nitrogen and oxygen atoms in total. The molecule has 2 atom stereocenters. The molecule has 2 aromatic rings. The Hall–Kier alpha value is -0.0500. The Morgan fingerprint density at radius 3 is 2.90 bits per heavy atom. The Balaban J connectivity index is 2.00. The van der Waals surface area contributed by atoms with Crippen molar-refractivity contribution in [1.29, 1.82) is 0 Å². The highest BCUT2D eigenvalue weighted by molar-refractivity contribution is 9.10. The van der Waals surface area contributed by atoms with Crippen molar-refractivity contribution in [3.8, 4) is 0 Å². The minimum Gasteiger partial charge on any atom is -0.142 e. The van der Waals surface area contributed by atoms with Gasteiger partial charge in [-0.05, 0) is 62.5 Å². The first-order valence-electron chi connectivity index (χ1n) is 7.30. The first-order chi connectivity index (χ1) is 9.50. The van der Waals surface area contributed by atoms with Crippen LogP contribution in [0.15, 0.2) is 28.1 Å². The lowest BCUT2D eigenvalue weighted by molar-refractivity contribution is 0.133. The van der Waals surface area contributed by atoms with Gasteiger partial charge in [-0.2, -0.15) is 0 Å². The zero-order valence-corrected chi connectivity index (χ0v) is 15.1. The number of alkyl halides is 1. The van der Waals surface area contributed by atoms with Crippen LogP contribution in [0.25, 0.3) is 10.1 Å². The topological polar surface area (TPSA) is 0 Å². The Morgan fingerprint density at radius 1 is 1.35 bits per heavy atom. The van der Waals surface area contributed by atoms with Gasteiger partial charge in [-0.15, -0.1) is 22.9 Å². The normalized spacial score (nSPS) is 23.9. The lowest BCUT2D eigenvalue weighted by atomic mass is 9.66. The summed E-state index contributed by atoms with van der Waals surface area (Å²) in [6, 6.07) is 6.42. The molecule has 1 aromatic carbocycles. The fourth-order valence-corrected chi connectivity index (χ4v) is 5.92. The Morgan fingerprint density at radius 2 is 2.15 bits per heavy atom. The van der Waals surface area contributed by atoms with Crippen LogP contribution in [-0.2, 0) is 0 Å². The van der Waals surface area contributed by atoms with Gasteiger partial charge in [-0.3, -0.25) is 0 Å². The van der Waals surface area contributed by atoms with Crippen LogP contribution in [0.1, 0.15) is 50.5 Å². The molecule has 0 amide bonds. The molecule has 3 rings (SSSR count). The molecule has 0 aliphatic heterocycles. The zero-order valence-electron chi connectivity index (χ0n) is 12.0. The van der Waals surface area contributed by atoms with Crippen molar-refractivity contribution < 1.29 is 0 Å². The summed E-state index contributed by atoms with van der Waals surface area (Å²) in [5, 5.41) is 3.72. The molecular formula is C17H20BrClS. The second-order valence-corrected chi connectivity index (χ2v) is 8.75. The minimum atomic E-state index is 0.133. The van der Waals surface area contributed by atoms with Crippen LogP contribution in [0.3, 0.4) is 0 Å². The van der Waals surface area contributed by atoms with Gasteiger partial charge in [0.05, 0.1) is 5.38 Å². The van der Waals surface area contributed by atoms with Gasteiger partial charge in [0.2, 0.25) is 0 Å². The van der Waals surface area contributed by atoms with Gasteiger partial charge >= 0.3 is 0 Å². The second-order valence-electron chi connectivity index (χ2n) is 6.55. The summed E-state index contributed by atoms with van der Waals surface area (Å²) < 4.78 is 2.50. The van der Waals surface area contributed by atoms with Crippen molar-refractivity contribution in [1.82, 2.24) is 0 Å². The van der Waals surface area contributed by atoms with E-state index in [9.17, 15) is 0 Å². The third-order valence-electron chi connectivity index (χ3n) is 4.82. The standard InChI is InChI=1S/C17H20BrClS/c1-17(2)9-4-3-7-13(17)15(19)12-10-20-16-11(12)6-5-8-14(16)18/h5-6,8,10,13,15H,3-4,7,9H2,1-2H3. The van der Waals surface area contributed by atoms with E-state index >= 15 is 0 Å². The van der Waals surface area contributed by atoms with Gasteiger partial charge in [0.25, 0.3) is 0 Å². The van der Waals surface area contributed by atoms with Crippen molar-refractivity contribution in [2.75, 3.05) is 0 Å². The largest absolute Gasteiger partial charge is 0.142 e. The van der Waals surface area contributed by atoms with Gasteiger partial charge in [0, 0.05) is 9.17 Å². The Kier molecular flexibility index (Phi) is 4.18. The summed E-state index contributed by atoms with van der Waals surface area (Å²) in [5.74, 6) is 0.578. The number of hydrogen-bond acceptors (Lipinski definition) is 1. The van der Waals surface area contributed by atoms with Crippen molar-refractivity contribution in [2.24, 2.45) is 11.3 Å². The molecule has 1 aliphatic rings. The summed E-state index contributed by atoms with van der Waals surface area (Å²) in [6.45, 7) is 4.77. The van der Waals surface area contributed by atoms with Gasteiger partial charge in [-0.1, -0.05) is 38.8 Å². The molecule has 1 aromatic heterocycles. The Labute approximate surface area is 138 Å². The lowest BCUT2D eigenvalue weighted by Crippen LogP contribution is -2.30. The van der Waals surface area contributed by atoms with E-state index in [0.717, 1.165) is 0 Å². The van der Waals surface area contributed by atoms with Gasteiger partial charge in [0.1, 0.15) is 0 Å². The third kappa shape index (κ3) is 2.55. The molecule has 1 aliphatic carbocycles. The molecule has 1 saturated carbocycles. The van der Waals surface area contributed by atoms with Crippen molar-refractivity contribution >= 4 is 49.0 Å². The number of fused-ring (bicyclic) bond motifs is 1. The van der Waals surface area contributed by atoms with Crippen molar-refractivity contribution in [3.05, 3.63) is 33.6 Å². The molecule has 3 heteroatoms. The maximum absolute atomic E-state index is 6.93. The highest BCUT2D eigenvalue weighted by Gasteiger charge is 2.38. The van der Waals surface area contributed by atoms with Gasteiger partial charge in [0.15, 0.2) is 0 Å². The highest BCUT2D eigenvalue weighted by Crippen LogP contribution is 2.51. The monoisotopic (exact) mass is 370 g/mol. The molecule has 0 bridgehead atoms. The van der Waals surface area contributed by atoms with Crippen molar-refractivity contribution in [3.63, 3.8) is 0 Å². The summed E-state index contributed by atoms with van der Waals surface area (Å²) >= 11 is 12.4. The number of thiophene rings is 1. The summed E-state index contributed by atoms with van der Waals surface area (Å²) in [7, 11) is 0. The predicted octanol–water partition coefficient (Wildman–Crippen LogP) is 7.16. The van der Waals surface area contributed by atoms with Crippen LogP contribution >= 0.6 is 38.9 Å². The number of benzene rings is 1. The molecular weight excluding hydrogens is 352 g/mol. The van der Waals surface area contributed by atoms with E-state index in [1.165, 1.54) is 45.8 Å². The number of rotatable bonds is 2. The second kappa shape index (κ2) is 5.62.